The maximum atomic E-state index is 6.42. The van der Waals surface area contributed by atoms with Gasteiger partial charge in [-0.2, -0.15) is 0 Å². The van der Waals surface area contributed by atoms with Gasteiger partial charge in [-0.1, -0.05) is 42.6 Å². The van der Waals surface area contributed by atoms with Gasteiger partial charge < -0.3 is 15.2 Å². The summed E-state index contributed by atoms with van der Waals surface area (Å²) in [7, 11) is 0. The van der Waals surface area contributed by atoms with E-state index in [0.29, 0.717) is 19.1 Å². The molecule has 1 aromatic rings. The van der Waals surface area contributed by atoms with Crippen molar-refractivity contribution in [1.82, 2.24) is 0 Å². The van der Waals surface area contributed by atoms with Gasteiger partial charge in [0.2, 0.25) is 0 Å². The largest absolute Gasteiger partial charge is 0.490 e. The lowest BCUT2D eigenvalue weighted by Gasteiger charge is -2.24. The summed E-state index contributed by atoms with van der Waals surface area (Å²) in [5, 5.41) is 0. The molecule has 0 saturated carbocycles. The zero-order chi connectivity index (χ0) is 15.1. The Hall–Kier alpha value is -0.740. The molecule has 0 fully saturated rings. The zero-order valence-corrected chi connectivity index (χ0v) is 14.5. The van der Waals surface area contributed by atoms with Gasteiger partial charge >= 0.3 is 0 Å². The average molecular weight is 344 g/mol. The zero-order valence-electron chi connectivity index (χ0n) is 12.9. The second-order valence-electron chi connectivity index (χ2n) is 4.79. The lowest BCUT2D eigenvalue weighted by Crippen LogP contribution is -2.21. The van der Waals surface area contributed by atoms with Crippen molar-refractivity contribution in [3.05, 3.63) is 22.2 Å². The molecule has 114 valence electrons. The fourth-order valence-electron chi connectivity index (χ4n) is 2.39. The van der Waals surface area contributed by atoms with Gasteiger partial charge in [0.1, 0.15) is 0 Å². The number of hydrogen-bond donors (Lipinski definition) is 1. The molecule has 1 aromatic carbocycles. The molecule has 20 heavy (non-hydrogen) atoms. The molecule has 0 bridgehead atoms. The van der Waals surface area contributed by atoms with Crippen LogP contribution in [0.15, 0.2) is 16.6 Å². The average Bonchev–Trinajstić information content (AvgIpc) is 2.43. The van der Waals surface area contributed by atoms with E-state index in [2.05, 4.69) is 29.8 Å². The van der Waals surface area contributed by atoms with E-state index in [4.69, 9.17) is 15.2 Å². The van der Waals surface area contributed by atoms with Crippen molar-refractivity contribution >= 4 is 15.9 Å². The van der Waals surface area contributed by atoms with E-state index in [1.807, 2.05) is 26.0 Å². The van der Waals surface area contributed by atoms with Crippen LogP contribution in [0.25, 0.3) is 0 Å². The molecule has 0 radical (unpaired) electrons. The Morgan fingerprint density at radius 3 is 1.95 bits per heavy atom. The lowest BCUT2D eigenvalue weighted by molar-refractivity contribution is 0.286. The van der Waals surface area contributed by atoms with Crippen LogP contribution in [0.1, 0.15) is 52.1 Å². The molecule has 4 heteroatoms. The minimum absolute atomic E-state index is 0.00857. The predicted molar refractivity (Wildman–Crippen MR) is 87.5 cm³/mol. The first kappa shape index (κ1) is 17.3. The molecule has 0 spiro atoms. The molecule has 1 atom stereocenters. The van der Waals surface area contributed by atoms with E-state index in [0.717, 1.165) is 34.4 Å². The van der Waals surface area contributed by atoms with E-state index in [1.165, 1.54) is 0 Å². The summed E-state index contributed by atoms with van der Waals surface area (Å²) in [5.41, 5.74) is 7.51. The Bertz CT molecular complexity index is 419. The highest BCUT2D eigenvalue weighted by Crippen LogP contribution is 2.38. The number of rotatable bonds is 8. The van der Waals surface area contributed by atoms with Gasteiger partial charge in [-0.05, 0) is 37.5 Å². The first-order valence-electron chi connectivity index (χ1n) is 7.43. The highest BCUT2D eigenvalue weighted by molar-refractivity contribution is 9.10. The van der Waals surface area contributed by atoms with Crippen molar-refractivity contribution in [1.29, 1.82) is 0 Å². The topological polar surface area (TPSA) is 44.5 Å². The smallest absolute Gasteiger partial charge is 0.162 e. The third kappa shape index (κ3) is 4.13. The molecule has 0 aliphatic heterocycles. The lowest BCUT2D eigenvalue weighted by atomic mass is 9.89. The SMILES string of the molecule is CCOc1cc(Br)c(C(N)C(CC)CC)cc1OCC. The van der Waals surface area contributed by atoms with Crippen molar-refractivity contribution in [2.45, 2.75) is 46.6 Å². The van der Waals surface area contributed by atoms with E-state index >= 15 is 0 Å². The third-order valence-corrected chi connectivity index (χ3v) is 4.27. The van der Waals surface area contributed by atoms with E-state index in [-0.39, 0.29) is 6.04 Å². The van der Waals surface area contributed by atoms with Gasteiger partial charge in [-0.15, -0.1) is 0 Å². The Morgan fingerprint density at radius 1 is 1.00 bits per heavy atom. The standard InChI is InChI=1S/C16H26BrNO2/c1-5-11(6-2)16(18)12-9-14(19-7-3)15(20-8-4)10-13(12)17/h9-11,16H,5-8,18H2,1-4H3. The molecule has 2 N–H and O–H groups in total. The fourth-order valence-corrected chi connectivity index (χ4v) is 2.98. The van der Waals surface area contributed by atoms with Crippen molar-refractivity contribution in [2.75, 3.05) is 13.2 Å². The summed E-state index contributed by atoms with van der Waals surface area (Å²) in [6, 6.07) is 3.99. The quantitative estimate of drug-likeness (QED) is 0.744. The second-order valence-corrected chi connectivity index (χ2v) is 5.64. The summed E-state index contributed by atoms with van der Waals surface area (Å²) in [5.74, 6) is 2.01. The van der Waals surface area contributed by atoms with Crippen molar-refractivity contribution < 1.29 is 9.47 Å². The van der Waals surface area contributed by atoms with Crippen LogP contribution in [0.3, 0.4) is 0 Å². The summed E-state index contributed by atoms with van der Waals surface area (Å²) in [4.78, 5) is 0. The first-order valence-corrected chi connectivity index (χ1v) is 8.22. The molecule has 0 amide bonds. The van der Waals surface area contributed by atoms with Gasteiger partial charge in [0.25, 0.3) is 0 Å². The predicted octanol–water partition coefficient (Wildman–Crippen LogP) is 4.68. The van der Waals surface area contributed by atoms with Crippen LogP contribution in [-0.4, -0.2) is 13.2 Å². The van der Waals surface area contributed by atoms with Crippen molar-refractivity contribution in [2.24, 2.45) is 11.7 Å². The molecule has 1 rings (SSSR count). The number of benzene rings is 1. The Kier molecular flexibility index (Phi) is 7.38. The molecule has 0 aliphatic carbocycles. The number of hydrogen-bond acceptors (Lipinski definition) is 3. The van der Waals surface area contributed by atoms with Crippen LogP contribution in [0, 0.1) is 5.92 Å². The van der Waals surface area contributed by atoms with Crippen LogP contribution in [0.5, 0.6) is 11.5 Å². The Balaban J connectivity index is 3.16. The summed E-state index contributed by atoms with van der Waals surface area (Å²) in [6.07, 6.45) is 2.14. The minimum atomic E-state index is 0.00857. The molecule has 0 saturated heterocycles. The molecule has 0 aromatic heterocycles. The second kappa shape index (κ2) is 8.53. The maximum Gasteiger partial charge on any atom is 0.162 e. The fraction of sp³-hybridized carbons (Fsp3) is 0.625. The summed E-state index contributed by atoms with van der Waals surface area (Å²) < 4.78 is 12.3. The highest BCUT2D eigenvalue weighted by Gasteiger charge is 2.21. The van der Waals surface area contributed by atoms with Gasteiger partial charge in [0.05, 0.1) is 13.2 Å². The van der Waals surface area contributed by atoms with Gasteiger partial charge in [0, 0.05) is 10.5 Å². The molecular formula is C16H26BrNO2. The first-order chi connectivity index (χ1) is 9.58. The maximum absolute atomic E-state index is 6.42. The van der Waals surface area contributed by atoms with E-state index in [9.17, 15) is 0 Å². The van der Waals surface area contributed by atoms with Crippen LogP contribution in [-0.2, 0) is 0 Å². The summed E-state index contributed by atoms with van der Waals surface area (Å²) in [6.45, 7) is 9.53. The van der Waals surface area contributed by atoms with Gasteiger partial charge in [-0.3, -0.25) is 0 Å². The van der Waals surface area contributed by atoms with Crippen molar-refractivity contribution in [3.8, 4) is 11.5 Å². The van der Waals surface area contributed by atoms with Crippen LogP contribution in [0.4, 0.5) is 0 Å². The minimum Gasteiger partial charge on any atom is -0.490 e. The normalized spacial score (nSPS) is 12.6. The molecule has 1 unspecified atom stereocenters. The van der Waals surface area contributed by atoms with Gasteiger partial charge in [0.15, 0.2) is 11.5 Å². The number of halogens is 1. The summed E-state index contributed by atoms with van der Waals surface area (Å²) >= 11 is 3.61. The van der Waals surface area contributed by atoms with Gasteiger partial charge in [-0.25, -0.2) is 0 Å². The Morgan fingerprint density at radius 2 is 1.50 bits per heavy atom. The van der Waals surface area contributed by atoms with Crippen molar-refractivity contribution in [3.63, 3.8) is 0 Å². The number of nitrogens with two attached hydrogens (primary N) is 1. The van der Waals surface area contributed by atoms with E-state index < -0.39 is 0 Å². The van der Waals surface area contributed by atoms with Crippen LogP contribution in [0.2, 0.25) is 0 Å². The molecule has 0 aliphatic rings. The third-order valence-electron chi connectivity index (χ3n) is 3.58. The Labute approximate surface area is 131 Å². The molecular weight excluding hydrogens is 318 g/mol. The van der Waals surface area contributed by atoms with Crippen LogP contribution < -0.4 is 15.2 Å². The molecule has 0 heterocycles. The highest BCUT2D eigenvalue weighted by atomic mass is 79.9. The van der Waals surface area contributed by atoms with Crippen LogP contribution >= 0.6 is 15.9 Å². The monoisotopic (exact) mass is 343 g/mol. The van der Waals surface area contributed by atoms with E-state index in [1.54, 1.807) is 0 Å². The molecule has 3 nitrogen and oxygen atoms in total. The number of ether oxygens (including phenoxy) is 2.